The molecule has 6 atom stereocenters. The van der Waals surface area contributed by atoms with Gasteiger partial charge in [-0.1, -0.05) is 284 Å². The highest BCUT2D eigenvalue weighted by molar-refractivity contribution is 7.47. The minimum absolute atomic E-state index is 0.0846. The van der Waals surface area contributed by atoms with Gasteiger partial charge in [0.25, 0.3) is 0 Å². The van der Waals surface area contributed by atoms with E-state index in [2.05, 4.69) is 65.8 Å². The van der Waals surface area contributed by atoms with E-state index in [-0.39, 0.29) is 25.7 Å². The molecule has 0 aliphatic carbocycles. The Bertz CT molecular complexity index is 1850. The number of hydrogen-bond acceptors (Lipinski definition) is 15. The van der Waals surface area contributed by atoms with Crippen molar-refractivity contribution in [3.05, 3.63) is 24.3 Å². The van der Waals surface area contributed by atoms with E-state index >= 15 is 0 Å². The second kappa shape index (κ2) is 62.6. The first-order valence-electron chi connectivity index (χ1n) is 36.3. The number of carbonyl (C=O) groups is 4. The van der Waals surface area contributed by atoms with Crippen LogP contribution < -0.4 is 0 Å². The zero-order chi connectivity index (χ0) is 66.5. The van der Waals surface area contributed by atoms with Crippen molar-refractivity contribution in [3.8, 4) is 0 Å². The minimum Gasteiger partial charge on any atom is -0.462 e. The van der Waals surface area contributed by atoms with Crippen LogP contribution in [0.25, 0.3) is 0 Å². The van der Waals surface area contributed by atoms with Gasteiger partial charge in [0.05, 0.1) is 26.4 Å². The van der Waals surface area contributed by atoms with Crippen LogP contribution in [0.5, 0.6) is 0 Å². The summed E-state index contributed by atoms with van der Waals surface area (Å²) in [5.74, 6) is -0.669. The first-order valence-corrected chi connectivity index (χ1v) is 39.3. The van der Waals surface area contributed by atoms with Crippen molar-refractivity contribution >= 4 is 39.5 Å². The summed E-state index contributed by atoms with van der Waals surface area (Å²) in [5.41, 5.74) is 0. The van der Waals surface area contributed by atoms with Crippen molar-refractivity contribution in [1.82, 2.24) is 0 Å². The van der Waals surface area contributed by atoms with Gasteiger partial charge in [-0.3, -0.25) is 37.3 Å². The fourth-order valence-electron chi connectivity index (χ4n) is 10.2. The number of aliphatic hydroxyl groups is 1. The molecule has 0 aliphatic heterocycles. The van der Waals surface area contributed by atoms with Gasteiger partial charge in [-0.2, -0.15) is 0 Å². The maximum absolute atomic E-state index is 13.0. The molecule has 3 N–H and O–H groups in total. The fraction of sp³-hybridized carbons (Fsp3) is 0.887. The van der Waals surface area contributed by atoms with E-state index in [1.807, 2.05) is 0 Å². The predicted molar refractivity (Wildman–Crippen MR) is 363 cm³/mol. The second-order valence-corrected chi connectivity index (χ2v) is 28.6. The SMILES string of the molecule is CCCCCC/C=C\C=C/CCCCCCCC(=O)O[C@H](COC(=O)CCCCCCCCCCCCC(C)C)COP(=O)(O)OC[C@@H](O)COP(=O)(O)OC[C@@H](COC(=O)CCCCCCCCC(C)CC)OC(=O)CCCCCCCCCCCCCC. The van der Waals surface area contributed by atoms with Crippen LogP contribution in [-0.2, 0) is 65.4 Å². The number of phosphoric ester groups is 2. The molecular weight excluding hydrogens is 1190 g/mol. The van der Waals surface area contributed by atoms with E-state index < -0.39 is 97.5 Å². The molecule has 0 spiro atoms. The normalized spacial score (nSPS) is 14.6. The molecule has 0 fully saturated rings. The van der Waals surface area contributed by atoms with E-state index in [9.17, 15) is 43.2 Å². The highest BCUT2D eigenvalue weighted by Gasteiger charge is 2.30. The molecule has 0 heterocycles. The van der Waals surface area contributed by atoms with Crippen molar-refractivity contribution in [2.45, 2.75) is 355 Å². The molecule has 530 valence electrons. The topological polar surface area (TPSA) is 237 Å². The summed E-state index contributed by atoms with van der Waals surface area (Å²) in [6, 6.07) is 0. The number of carbonyl (C=O) groups excluding carboxylic acids is 4. The molecule has 0 saturated heterocycles. The van der Waals surface area contributed by atoms with E-state index in [4.69, 9.17) is 37.0 Å². The summed E-state index contributed by atoms with van der Waals surface area (Å²) in [5, 5.41) is 10.6. The summed E-state index contributed by atoms with van der Waals surface area (Å²) in [4.78, 5) is 72.5. The van der Waals surface area contributed by atoms with Crippen LogP contribution in [0, 0.1) is 11.8 Å². The molecule has 0 aliphatic rings. The lowest BCUT2D eigenvalue weighted by atomic mass is 10.00. The molecule has 0 aromatic carbocycles. The van der Waals surface area contributed by atoms with Crippen LogP contribution >= 0.6 is 15.6 Å². The van der Waals surface area contributed by atoms with Crippen LogP contribution in [0.15, 0.2) is 24.3 Å². The van der Waals surface area contributed by atoms with Gasteiger partial charge in [0, 0.05) is 25.7 Å². The van der Waals surface area contributed by atoms with Crippen LogP contribution in [0.1, 0.15) is 337 Å². The predicted octanol–water partition coefficient (Wildman–Crippen LogP) is 19.9. The molecule has 0 aromatic heterocycles. The van der Waals surface area contributed by atoms with Crippen molar-refractivity contribution in [1.29, 1.82) is 0 Å². The van der Waals surface area contributed by atoms with E-state index in [1.54, 1.807) is 0 Å². The standard InChI is InChI=1S/C71H134O17P2/c1-7-10-12-14-16-18-20-22-23-24-26-32-36-44-50-56-71(76)87-66(59-81-68(73)53-47-41-34-30-28-27-29-33-39-45-51-63(4)5)61-85-89(77,78)83-57-65(72)58-84-90(79,80)86-62-67(60-82-69(74)54-48-42-38-37-40-46-52-64(6)9-3)88-70(75)55-49-43-35-31-25-21-19-17-15-13-11-8-2/h18,20,22-23,63-67,72H,7-17,19,21,24-62H2,1-6H3,(H,77,78)(H,79,80)/b20-18-,23-22-/t64?,65-,66-,67-/m1/s1. The lowest BCUT2D eigenvalue weighted by Gasteiger charge is -2.21. The Morgan fingerprint density at radius 2 is 0.656 bits per heavy atom. The smallest absolute Gasteiger partial charge is 0.462 e. The number of esters is 4. The van der Waals surface area contributed by atoms with Crippen LogP contribution in [-0.4, -0.2) is 96.7 Å². The summed E-state index contributed by atoms with van der Waals surface area (Å²) in [6.07, 6.45) is 50.7. The first kappa shape index (κ1) is 87.5. The molecule has 0 rings (SSSR count). The van der Waals surface area contributed by atoms with E-state index in [0.717, 1.165) is 121 Å². The zero-order valence-corrected chi connectivity index (χ0v) is 59.7. The van der Waals surface area contributed by atoms with Crippen molar-refractivity contribution < 1.29 is 80.2 Å². The third-order valence-corrected chi connectivity index (χ3v) is 18.1. The monoisotopic (exact) mass is 1320 g/mol. The van der Waals surface area contributed by atoms with Gasteiger partial charge in [0.15, 0.2) is 12.2 Å². The molecule has 90 heavy (non-hydrogen) atoms. The van der Waals surface area contributed by atoms with Crippen molar-refractivity contribution in [2.75, 3.05) is 39.6 Å². The number of phosphoric acid groups is 2. The highest BCUT2D eigenvalue weighted by Crippen LogP contribution is 2.45. The number of ether oxygens (including phenoxy) is 4. The number of allylic oxidation sites excluding steroid dienone is 4. The Kier molecular flexibility index (Phi) is 60.9. The molecule has 0 amide bonds. The molecule has 3 unspecified atom stereocenters. The number of aliphatic hydroxyl groups excluding tert-OH is 1. The molecule has 0 aromatic rings. The van der Waals surface area contributed by atoms with Gasteiger partial charge < -0.3 is 33.8 Å². The maximum Gasteiger partial charge on any atom is 0.472 e. The summed E-state index contributed by atoms with van der Waals surface area (Å²) in [6.45, 7) is 9.44. The molecule has 0 radical (unpaired) electrons. The van der Waals surface area contributed by atoms with Crippen LogP contribution in [0.4, 0.5) is 0 Å². The quantitative estimate of drug-likeness (QED) is 0.0169. The molecule has 0 saturated carbocycles. The van der Waals surface area contributed by atoms with Gasteiger partial charge in [0.2, 0.25) is 0 Å². The highest BCUT2D eigenvalue weighted by atomic mass is 31.2. The van der Waals surface area contributed by atoms with Crippen molar-refractivity contribution in [2.24, 2.45) is 11.8 Å². The minimum atomic E-state index is -4.96. The molecule has 19 heteroatoms. The van der Waals surface area contributed by atoms with Gasteiger partial charge >= 0.3 is 39.5 Å². The number of unbranched alkanes of at least 4 members (excludes halogenated alkanes) is 34. The maximum atomic E-state index is 13.0. The molecule has 17 nitrogen and oxygen atoms in total. The van der Waals surface area contributed by atoms with Gasteiger partial charge in [-0.15, -0.1) is 0 Å². The van der Waals surface area contributed by atoms with E-state index in [1.165, 1.54) is 135 Å². The Hall–Kier alpha value is -2.46. The Morgan fingerprint density at radius 3 is 1.00 bits per heavy atom. The lowest BCUT2D eigenvalue weighted by Crippen LogP contribution is -2.30. The average Bonchev–Trinajstić information content (AvgIpc) is 2.80. The third-order valence-electron chi connectivity index (χ3n) is 16.2. The fourth-order valence-corrected chi connectivity index (χ4v) is 11.8. The molecule has 0 bridgehead atoms. The Morgan fingerprint density at radius 1 is 0.367 bits per heavy atom. The number of hydrogen-bond donors (Lipinski definition) is 3. The zero-order valence-electron chi connectivity index (χ0n) is 57.9. The Labute approximate surface area is 548 Å². The van der Waals surface area contributed by atoms with Crippen molar-refractivity contribution in [3.63, 3.8) is 0 Å². The summed E-state index contributed by atoms with van der Waals surface area (Å²) < 4.78 is 68.3. The average molecular weight is 1320 g/mol. The summed E-state index contributed by atoms with van der Waals surface area (Å²) in [7, 11) is -9.91. The van der Waals surface area contributed by atoms with Gasteiger partial charge in [0.1, 0.15) is 19.3 Å². The van der Waals surface area contributed by atoms with E-state index in [0.29, 0.717) is 25.7 Å². The lowest BCUT2D eigenvalue weighted by molar-refractivity contribution is -0.161. The molecular formula is C71H134O17P2. The first-order chi connectivity index (χ1) is 43.4. The largest absolute Gasteiger partial charge is 0.472 e. The number of rotatable bonds is 68. The second-order valence-electron chi connectivity index (χ2n) is 25.7. The van der Waals surface area contributed by atoms with Crippen LogP contribution in [0.3, 0.4) is 0 Å². The third kappa shape index (κ3) is 63.0. The van der Waals surface area contributed by atoms with Crippen LogP contribution in [0.2, 0.25) is 0 Å². The Balaban J connectivity index is 5.30. The summed E-state index contributed by atoms with van der Waals surface area (Å²) >= 11 is 0. The van der Waals surface area contributed by atoms with Gasteiger partial charge in [-0.05, 0) is 63.2 Å². The van der Waals surface area contributed by atoms with Gasteiger partial charge in [-0.25, -0.2) is 9.13 Å².